The minimum Gasteiger partial charge on any atom is -0.481 e. The van der Waals surface area contributed by atoms with Gasteiger partial charge in [0.15, 0.2) is 0 Å². The molecule has 19 heavy (non-hydrogen) atoms. The molecule has 9 heteroatoms. The van der Waals surface area contributed by atoms with Gasteiger partial charge in [-0.2, -0.15) is 5.10 Å². The van der Waals surface area contributed by atoms with Crippen LogP contribution in [0, 0.1) is 0 Å². The van der Waals surface area contributed by atoms with Crippen LogP contribution >= 0.6 is 0 Å². The first-order valence-electron chi connectivity index (χ1n) is 5.35. The van der Waals surface area contributed by atoms with Crippen molar-refractivity contribution in [3.8, 4) is 0 Å². The molecule has 0 fully saturated rings. The Morgan fingerprint density at radius 2 is 2.11 bits per heavy atom. The molecule has 0 unspecified atom stereocenters. The molecule has 0 aromatic carbocycles. The van der Waals surface area contributed by atoms with E-state index in [0.29, 0.717) is 0 Å². The van der Waals surface area contributed by atoms with Gasteiger partial charge in [0.25, 0.3) is 0 Å². The van der Waals surface area contributed by atoms with Crippen LogP contribution in [0.25, 0.3) is 0 Å². The average Bonchev–Trinajstić information content (AvgIpc) is 2.71. The van der Waals surface area contributed by atoms with Crippen molar-refractivity contribution in [2.45, 2.75) is 19.0 Å². The van der Waals surface area contributed by atoms with Gasteiger partial charge in [0.1, 0.15) is 6.04 Å². The molecule has 0 bridgehead atoms. The fourth-order valence-corrected chi connectivity index (χ4v) is 1.33. The van der Waals surface area contributed by atoms with Crippen LogP contribution in [-0.4, -0.2) is 44.0 Å². The van der Waals surface area contributed by atoms with Gasteiger partial charge in [0.05, 0.1) is 12.6 Å². The lowest BCUT2D eigenvalue weighted by atomic mass is 10.2. The van der Waals surface area contributed by atoms with Gasteiger partial charge in [0, 0.05) is 25.4 Å². The van der Waals surface area contributed by atoms with E-state index in [1.54, 1.807) is 24.1 Å². The third-order valence-corrected chi connectivity index (χ3v) is 2.19. The lowest BCUT2D eigenvalue weighted by Gasteiger charge is -2.12. The molecule has 1 aromatic heterocycles. The van der Waals surface area contributed by atoms with Gasteiger partial charge in [0.2, 0.25) is 0 Å². The zero-order valence-electron chi connectivity index (χ0n) is 10.2. The van der Waals surface area contributed by atoms with Crippen molar-refractivity contribution in [1.82, 2.24) is 20.4 Å². The number of nitrogens with zero attached hydrogens (tertiary/aromatic N) is 2. The van der Waals surface area contributed by atoms with Crippen molar-refractivity contribution in [3.63, 3.8) is 0 Å². The van der Waals surface area contributed by atoms with E-state index in [1.165, 1.54) is 0 Å². The molecule has 2 amide bonds. The van der Waals surface area contributed by atoms with Gasteiger partial charge in [-0.15, -0.1) is 0 Å². The molecule has 0 aliphatic carbocycles. The van der Waals surface area contributed by atoms with E-state index in [4.69, 9.17) is 10.2 Å². The number of aliphatic carboxylic acids is 2. The zero-order chi connectivity index (χ0) is 14.4. The molecule has 1 atom stereocenters. The highest BCUT2D eigenvalue weighted by molar-refractivity contribution is 5.86. The maximum atomic E-state index is 11.4. The lowest BCUT2D eigenvalue weighted by molar-refractivity contribution is -0.145. The summed E-state index contributed by atoms with van der Waals surface area (Å²) >= 11 is 0. The Morgan fingerprint density at radius 1 is 1.42 bits per heavy atom. The molecule has 0 saturated heterocycles. The number of carboxylic acid groups (broad SMARTS) is 2. The van der Waals surface area contributed by atoms with E-state index in [1.807, 2.05) is 0 Å². The molecule has 0 aliphatic rings. The third kappa shape index (κ3) is 5.06. The first-order valence-corrected chi connectivity index (χ1v) is 5.35. The summed E-state index contributed by atoms with van der Waals surface area (Å²) in [7, 11) is 1.72. The quantitative estimate of drug-likeness (QED) is 0.532. The Kier molecular flexibility index (Phi) is 4.86. The number of hydrogen-bond donors (Lipinski definition) is 4. The molecule has 0 saturated carbocycles. The highest BCUT2D eigenvalue weighted by atomic mass is 16.4. The van der Waals surface area contributed by atoms with Gasteiger partial charge in [-0.25, -0.2) is 9.59 Å². The minimum absolute atomic E-state index is 0.166. The van der Waals surface area contributed by atoms with Crippen LogP contribution in [0.5, 0.6) is 0 Å². The second kappa shape index (κ2) is 6.38. The van der Waals surface area contributed by atoms with E-state index in [-0.39, 0.29) is 6.54 Å². The topological polar surface area (TPSA) is 134 Å². The Bertz CT molecular complexity index is 484. The van der Waals surface area contributed by atoms with Gasteiger partial charge in [-0.1, -0.05) is 0 Å². The zero-order valence-corrected chi connectivity index (χ0v) is 10.2. The van der Waals surface area contributed by atoms with Crippen molar-refractivity contribution in [3.05, 3.63) is 18.0 Å². The number of carbonyl (C=O) groups is 3. The third-order valence-electron chi connectivity index (χ3n) is 2.19. The Labute approximate surface area is 108 Å². The minimum atomic E-state index is -1.47. The molecule has 104 valence electrons. The summed E-state index contributed by atoms with van der Waals surface area (Å²) in [5, 5.41) is 25.6. The molecule has 1 rings (SSSR count). The largest absolute Gasteiger partial charge is 0.481 e. The molecule has 0 spiro atoms. The number of carbonyl (C=O) groups excluding carboxylic acids is 1. The van der Waals surface area contributed by atoms with Crippen molar-refractivity contribution in [2.24, 2.45) is 7.05 Å². The van der Waals surface area contributed by atoms with Gasteiger partial charge in [-0.05, 0) is 0 Å². The molecule has 0 radical (unpaired) electrons. The van der Waals surface area contributed by atoms with Gasteiger partial charge in [-0.3, -0.25) is 9.48 Å². The number of amides is 2. The maximum absolute atomic E-state index is 11.4. The SMILES string of the molecule is Cn1cc(CNC(=O)N[C@H](CC(=O)O)C(=O)O)cn1. The van der Waals surface area contributed by atoms with E-state index in [9.17, 15) is 14.4 Å². The predicted molar refractivity (Wildman–Crippen MR) is 62.3 cm³/mol. The van der Waals surface area contributed by atoms with Crippen molar-refractivity contribution in [1.29, 1.82) is 0 Å². The Morgan fingerprint density at radius 3 is 2.58 bits per heavy atom. The predicted octanol–water partition coefficient (Wildman–Crippen LogP) is -0.853. The number of aryl methyl sites for hydroxylation is 1. The molecular formula is C10H14N4O5. The standard InChI is InChI=1S/C10H14N4O5/c1-14-5-6(4-12-14)3-11-10(19)13-7(9(17)18)2-8(15)16/h4-5,7H,2-3H2,1H3,(H,15,16)(H,17,18)(H2,11,13,19)/t7-/m1/s1. The van der Waals surface area contributed by atoms with Gasteiger partial charge >= 0.3 is 18.0 Å². The lowest BCUT2D eigenvalue weighted by Crippen LogP contribution is -2.46. The van der Waals surface area contributed by atoms with Crippen LogP contribution < -0.4 is 10.6 Å². The molecule has 9 nitrogen and oxygen atoms in total. The Balaban J connectivity index is 2.44. The second-order valence-electron chi connectivity index (χ2n) is 3.84. The fourth-order valence-electron chi connectivity index (χ4n) is 1.33. The molecule has 0 aliphatic heterocycles. The van der Waals surface area contributed by atoms with Crippen molar-refractivity contribution in [2.75, 3.05) is 0 Å². The first kappa shape index (κ1) is 14.5. The van der Waals surface area contributed by atoms with Crippen molar-refractivity contribution >= 4 is 18.0 Å². The van der Waals surface area contributed by atoms with E-state index < -0.39 is 30.4 Å². The average molecular weight is 270 g/mol. The molecule has 1 aromatic rings. The fraction of sp³-hybridized carbons (Fsp3) is 0.400. The summed E-state index contributed by atoms with van der Waals surface area (Å²) in [6.45, 7) is 0.166. The smallest absolute Gasteiger partial charge is 0.326 e. The van der Waals surface area contributed by atoms with Crippen LogP contribution in [0.4, 0.5) is 4.79 Å². The van der Waals surface area contributed by atoms with Crippen LogP contribution in [0.15, 0.2) is 12.4 Å². The number of carboxylic acids is 2. The number of rotatable bonds is 6. The number of aromatic nitrogens is 2. The van der Waals surface area contributed by atoms with Crippen LogP contribution in [0.3, 0.4) is 0 Å². The summed E-state index contributed by atoms with van der Waals surface area (Å²) in [6, 6.07) is -2.22. The van der Waals surface area contributed by atoms with Gasteiger partial charge < -0.3 is 20.8 Å². The highest BCUT2D eigenvalue weighted by Gasteiger charge is 2.22. The number of hydrogen-bond acceptors (Lipinski definition) is 4. The normalized spacial score (nSPS) is 11.6. The van der Waals surface area contributed by atoms with Crippen LogP contribution in [0.2, 0.25) is 0 Å². The number of urea groups is 1. The molecule has 1 heterocycles. The molecular weight excluding hydrogens is 256 g/mol. The first-order chi connectivity index (χ1) is 8.88. The van der Waals surface area contributed by atoms with Crippen LogP contribution in [0.1, 0.15) is 12.0 Å². The van der Waals surface area contributed by atoms with E-state index in [2.05, 4.69) is 15.7 Å². The maximum Gasteiger partial charge on any atom is 0.326 e. The Hall–Kier alpha value is -2.58. The summed E-state index contributed by atoms with van der Waals surface area (Å²) < 4.78 is 1.55. The number of nitrogens with one attached hydrogen (secondary N) is 2. The summed E-state index contributed by atoms with van der Waals surface area (Å²) in [4.78, 5) is 32.6. The van der Waals surface area contributed by atoms with Crippen LogP contribution in [-0.2, 0) is 23.2 Å². The summed E-state index contributed by atoms with van der Waals surface area (Å²) in [5.74, 6) is -2.71. The van der Waals surface area contributed by atoms with E-state index >= 15 is 0 Å². The second-order valence-corrected chi connectivity index (χ2v) is 3.84. The van der Waals surface area contributed by atoms with E-state index in [0.717, 1.165) is 5.56 Å². The highest BCUT2D eigenvalue weighted by Crippen LogP contribution is 1.96. The monoisotopic (exact) mass is 270 g/mol. The molecule has 4 N–H and O–H groups in total. The summed E-state index contributed by atoms with van der Waals surface area (Å²) in [6.07, 6.45) is 2.55. The van der Waals surface area contributed by atoms with Crippen molar-refractivity contribution < 1.29 is 24.6 Å². The summed E-state index contributed by atoms with van der Waals surface area (Å²) in [5.41, 5.74) is 0.739.